The average Bonchev–Trinajstić information content (AvgIpc) is 2.22. The van der Waals surface area contributed by atoms with Crippen LogP contribution in [0.4, 0.5) is 8.78 Å². The fraction of sp³-hybridized carbons (Fsp3) is 0.750. The molecule has 0 atom stereocenters. The summed E-state index contributed by atoms with van der Waals surface area (Å²) in [4.78, 5) is 22.6. The lowest BCUT2D eigenvalue weighted by atomic mass is 10.3. The van der Waals surface area contributed by atoms with E-state index in [0.29, 0.717) is 0 Å². The second-order valence-corrected chi connectivity index (χ2v) is 2.99. The third-order valence-electron chi connectivity index (χ3n) is 1.58. The smallest absolute Gasteiger partial charge is 0.315 e. The Morgan fingerprint density at radius 2 is 2.07 bits per heavy atom. The quantitative estimate of drug-likeness (QED) is 0.613. The van der Waals surface area contributed by atoms with Crippen LogP contribution in [0.3, 0.4) is 0 Å². The first-order valence-corrected chi connectivity index (χ1v) is 4.70. The zero-order valence-corrected chi connectivity index (χ0v) is 8.97. The molecule has 0 spiro atoms. The molecule has 0 aromatic heterocycles. The Hall–Kier alpha value is -0.750. The van der Waals surface area contributed by atoms with Crippen LogP contribution in [0.15, 0.2) is 0 Å². The van der Waals surface area contributed by atoms with Crippen molar-refractivity contribution in [1.29, 1.82) is 0 Å². The van der Waals surface area contributed by atoms with E-state index in [4.69, 9.17) is 11.6 Å². The molecule has 15 heavy (non-hydrogen) atoms. The van der Waals surface area contributed by atoms with Crippen LogP contribution in [0.1, 0.15) is 0 Å². The molecule has 4 nitrogen and oxygen atoms in total. The number of Topliss-reactive ketones (excluding diaryl/α,β-unsaturated/α-hetero) is 1. The van der Waals surface area contributed by atoms with Crippen LogP contribution in [-0.2, 0) is 14.3 Å². The monoisotopic (exact) mass is 243 g/mol. The molecule has 0 aliphatic heterocycles. The van der Waals surface area contributed by atoms with E-state index >= 15 is 0 Å². The fourth-order valence-electron chi connectivity index (χ4n) is 0.862. The van der Waals surface area contributed by atoms with Gasteiger partial charge in [0.25, 0.3) is 5.91 Å². The Kier molecular flexibility index (Phi) is 7.15. The number of hydrogen-bond acceptors (Lipinski definition) is 3. The van der Waals surface area contributed by atoms with Gasteiger partial charge in [0.15, 0.2) is 5.78 Å². The van der Waals surface area contributed by atoms with E-state index < -0.39 is 24.7 Å². The Balaban J connectivity index is 4.29. The first-order valence-electron chi connectivity index (χ1n) is 4.16. The second-order valence-electron chi connectivity index (χ2n) is 2.73. The maximum absolute atomic E-state index is 12.1. The first kappa shape index (κ1) is 14.2. The van der Waals surface area contributed by atoms with Gasteiger partial charge in [0.2, 0.25) is 0 Å². The summed E-state index contributed by atoms with van der Waals surface area (Å²) in [6, 6.07) is 0. The average molecular weight is 244 g/mol. The maximum atomic E-state index is 12.1. The van der Waals surface area contributed by atoms with Crippen LogP contribution in [0, 0.1) is 0 Å². The third-order valence-corrected chi connectivity index (χ3v) is 1.88. The zero-order chi connectivity index (χ0) is 11.8. The van der Waals surface area contributed by atoms with Crippen molar-refractivity contribution in [2.75, 3.05) is 32.7 Å². The Bertz CT molecular complexity index is 226. The summed E-state index contributed by atoms with van der Waals surface area (Å²) in [7, 11) is 1.37. The van der Waals surface area contributed by atoms with Crippen LogP contribution in [0.2, 0.25) is 0 Å². The number of carbonyl (C=O) groups is 2. The summed E-state index contributed by atoms with van der Waals surface area (Å²) in [6.45, 7) is -0.369. The van der Waals surface area contributed by atoms with Gasteiger partial charge in [0, 0.05) is 13.7 Å². The zero-order valence-electron chi connectivity index (χ0n) is 8.21. The van der Waals surface area contributed by atoms with Gasteiger partial charge in [0.05, 0.1) is 19.0 Å². The number of nitrogens with zero attached hydrogens (tertiary/aromatic N) is 1. The SMILES string of the molecule is COCCN(CC(=O)CCl)C(=O)C(F)F. The molecule has 0 radical (unpaired) electrons. The summed E-state index contributed by atoms with van der Waals surface area (Å²) in [5.74, 6) is -2.17. The summed E-state index contributed by atoms with van der Waals surface area (Å²) < 4.78 is 28.8. The van der Waals surface area contributed by atoms with E-state index in [-0.39, 0.29) is 19.0 Å². The lowest BCUT2D eigenvalue weighted by molar-refractivity contribution is -0.145. The van der Waals surface area contributed by atoms with E-state index in [1.807, 2.05) is 0 Å². The van der Waals surface area contributed by atoms with Gasteiger partial charge < -0.3 is 9.64 Å². The Labute approximate surface area is 91.1 Å². The van der Waals surface area contributed by atoms with E-state index in [1.165, 1.54) is 7.11 Å². The molecule has 88 valence electrons. The largest absolute Gasteiger partial charge is 0.383 e. The highest BCUT2D eigenvalue weighted by atomic mass is 35.5. The number of ether oxygens (including phenoxy) is 1. The minimum absolute atomic E-state index is 0.0533. The van der Waals surface area contributed by atoms with Gasteiger partial charge in [-0.3, -0.25) is 9.59 Å². The molecule has 0 saturated carbocycles. The molecule has 7 heteroatoms. The fourth-order valence-corrected chi connectivity index (χ4v) is 0.946. The molecule has 0 fully saturated rings. The molecule has 1 amide bonds. The number of rotatable bonds is 7. The predicted molar refractivity (Wildman–Crippen MR) is 50.2 cm³/mol. The molecule has 0 rings (SSSR count). The van der Waals surface area contributed by atoms with Gasteiger partial charge in [0.1, 0.15) is 0 Å². The number of carbonyl (C=O) groups excluding carboxylic acids is 2. The van der Waals surface area contributed by atoms with Gasteiger partial charge >= 0.3 is 6.43 Å². The van der Waals surface area contributed by atoms with Gasteiger partial charge in [-0.2, -0.15) is 8.78 Å². The topological polar surface area (TPSA) is 46.6 Å². The number of alkyl halides is 3. The van der Waals surface area contributed by atoms with E-state index in [2.05, 4.69) is 4.74 Å². The molecule has 0 N–H and O–H groups in total. The molecule has 0 unspecified atom stereocenters. The highest BCUT2D eigenvalue weighted by Crippen LogP contribution is 2.01. The summed E-state index contributed by atoms with van der Waals surface area (Å²) >= 11 is 5.21. The lowest BCUT2D eigenvalue weighted by Gasteiger charge is -2.20. The van der Waals surface area contributed by atoms with Gasteiger partial charge in [-0.05, 0) is 0 Å². The molecule has 0 bridgehead atoms. The number of methoxy groups -OCH3 is 1. The number of hydrogen-bond donors (Lipinski definition) is 0. The molecule has 0 heterocycles. The Morgan fingerprint density at radius 3 is 2.47 bits per heavy atom. The van der Waals surface area contributed by atoms with Crippen LogP contribution < -0.4 is 0 Å². The molecule has 0 aliphatic rings. The summed E-state index contributed by atoms with van der Waals surface area (Å²) in [5, 5.41) is 0. The molecular formula is C8H12ClF2NO3. The maximum Gasteiger partial charge on any atom is 0.315 e. The minimum atomic E-state index is -3.12. The van der Waals surface area contributed by atoms with Crippen molar-refractivity contribution >= 4 is 23.3 Å². The highest BCUT2D eigenvalue weighted by molar-refractivity contribution is 6.28. The van der Waals surface area contributed by atoms with Crippen LogP contribution in [0.25, 0.3) is 0 Å². The molecule has 0 aromatic rings. The second kappa shape index (κ2) is 7.53. The van der Waals surface area contributed by atoms with Crippen LogP contribution >= 0.6 is 11.6 Å². The first-order chi connectivity index (χ1) is 7.02. The number of halogens is 3. The molecule has 0 aliphatic carbocycles. The summed E-state index contributed by atoms with van der Waals surface area (Å²) in [6.07, 6.45) is -3.12. The third kappa shape index (κ3) is 5.64. The van der Waals surface area contributed by atoms with Crippen LogP contribution in [-0.4, -0.2) is 55.7 Å². The van der Waals surface area contributed by atoms with Crippen molar-refractivity contribution in [1.82, 2.24) is 4.90 Å². The molecule has 0 saturated heterocycles. The molecular weight excluding hydrogens is 232 g/mol. The number of amides is 1. The lowest BCUT2D eigenvalue weighted by Crippen LogP contribution is -2.41. The highest BCUT2D eigenvalue weighted by Gasteiger charge is 2.24. The number of ketones is 1. The normalized spacial score (nSPS) is 10.5. The van der Waals surface area contributed by atoms with Gasteiger partial charge in [-0.25, -0.2) is 0 Å². The van der Waals surface area contributed by atoms with Crippen molar-refractivity contribution in [3.05, 3.63) is 0 Å². The van der Waals surface area contributed by atoms with Crippen molar-refractivity contribution < 1.29 is 23.1 Å². The summed E-state index contributed by atoms with van der Waals surface area (Å²) in [5.41, 5.74) is 0. The molecule has 0 aromatic carbocycles. The minimum Gasteiger partial charge on any atom is -0.383 e. The van der Waals surface area contributed by atoms with Gasteiger partial charge in [-0.1, -0.05) is 0 Å². The Morgan fingerprint density at radius 1 is 1.47 bits per heavy atom. The van der Waals surface area contributed by atoms with E-state index in [0.717, 1.165) is 4.90 Å². The van der Waals surface area contributed by atoms with Crippen LogP contribution in [0.5, 0.6) is 0 Å². The van der Waals surface area contributed by atoms with Crippen molar-refractivity contribution in [3.8, 4) is 0 Å². The van der Waals surface area contributed by atoms with Crippen molar-refractivity contribution in [2.24, 2.45) is 0 Å². The van der Waals surface area contributed by atoms with E-state index in [1.54, 1.807) is 0 Å². The predicted octanol–water partition coefficient (Wildman–Crippen LogP) is 0.534. The van der Waals surface area contributed by atoms with Gasteiger partial charge in [-0.15, -0.1) is 11.6 Å². The van der Waals surface area contributed by atoms with E-state index in [9.17, 15) is 18.4 Å². The van der Waals surface area contributed by atoms with Crippen molar-refractivity contribution in [2.45, 2.75) is 6.43 Å². The van der Waals surface area contributed by atoms with Crippen molar-refractivity contribution in [3.63, 3.8) is 0 Å². The standard InChI is InChI=1S/C8H12ClF2NO3/c1-15-3-2-12(5-6(13)4-9)8(14)7(10)11/h7H,2-5H2,1H3.